The Balaban J connectivity index is 1.73. The van der Waals surface area contributed by atoms with E-state index in [0.29, 0.717) is 12.1 Å². The van der Waals surface area contributed by atoms with Gasteiger partial charge in [0.05, 0.1) is 22.5 Å². The van der Waals surface area contributed by atoms with Crippen LogP contribution in [0.5, 0.6) is 0 Å². The molecule has 0 aliphatic heterocycles. The van der Waals surface area contributed by atoms with Crippen LogP contribution in [0, 0.1) is 10.1 Å². The molecule has 2 aromatic rings. The molecule has 7 nitrogen and oxygen atoms in total. The Labute approximate surface area is 125 Å². The normalized spacial score (nSPS) is 15.4. The number of nitrogens with zero attached hydrogens (tertiary/aromatic N) is 2. The number of hydrogen-bond acceptors (Lipinski definition) is 6. The Morgan fingerprint density at radius 3 is 2.73 bits per heavy atom. The van der Waals surface area contributed by atoms with Gasteiger partial charge in [-0.25, -0.2) is 4.79 Å². The predicted molar refractivity (Wildman–Crippen MR) is 76.7 cm³/mol. The highest BCUT2D eigenvalue weighted by atomic mass is 16.7. The predicted octanol–water partition coefficient (Wildman–Crippen LogP) is 3.09. The minimum atomic E-state index is -0.655. The number of carbonyl (C=O) groups excluding carboxylic acids is 1. The lowest BCUT2D eigenvalue weighted by molar-refractivity contribution is -0.384. The average molecular weight is 300 g/mol. The summed E-state index contributed by atoms with van der Waals surface area (Å²) in [6.07, 6.45) is 4.02. The summed E-state index contributed by atoms with van der Waals surface area (Å²) in [4.78, 5) is 26.9. The summed E-state index contributed by atoms with van der Waals surface area (Å²) in [5.74, 6) is 0.189. The third-order valence-electron chi connectivity index (χ3n) is 3.43. The largest absolute Gasteiger partial charge is 0.469 e. The molecule has 1 heterocycles. The molecule has 0 bridgehead atoms. The number of oxime groups is 1. The molecule has 0 N–H and O–H groups in total. The summed E-state index contributed by atoms with van der Waals surface area (Å²) >= 11 is 0. The van der Waals surface area contributed by atoms with Crippen LogP contribution in [0.3, 0.4) is 0 Å². The number of fused-ring (bicyclic) bond motifs is 1. The fourth-order valence-electron chi connectivity index (χ4n) is 2.31. The Morgan fingerprint density at radius 1 is 1.23 bits per heavy atom. The van der Waals surface area contributed by atoms with Crippen molar-refractivity contribution in [2.24, 2.45) is 5.16 Å². The number of aryl methyl sites for hydroxylation is 1. The first-order valence-electron chi connectivity index (χ1n) is 6.74. The van der Waals surface area contributed by atoms with Crippen molar-refractivity contribution in [2.45, 2.75) is 19.3 Å². The summed E-state index contributed by atoms with van der Waals surface area (Å²) < 4.78 is 5.33. The molecule has 0 unspecified atom stereocenters. The fourth-order valence-corrected chi connectivity index (χ4v) is 2.31. The van der Waals surface area contributed by atoms with Gasteiger partial charge in [0.15, 0.2) is 0 Å². The molecule has 7 heteroatoms. The molecule has 0 saturated heterocycles. The second kappa shape index (κ2) is 5.80. The first kappa shape index (κ1) is 14.0. The van der Waals surface area contributed by atoms with E-state index in [4.69, 9.17) is 9.25 Å². The number of rotatable bonds is 3. The van der Waals surface area contributed by atoms with Gasteiger partial charge in [-0.15, -0.1) is 0 Å². The van der Waals surface area contributed by atoms with Gasteiger partial charge < -0.3 is 9.25 Å². The van der Waals surface area contributed by atoms with E-state index in [2.05, 4.69) is 5.16 Å². The van der Waals surface area contributed by atoms with Crippen LogP contribution in [0.4, 0.5) is 5.69 Å². The summed E-state index contributed by atoms with van der Waals surface area (Å²) in [5, 5.41) is 14.5. The lowest BCUT2D eigenvalue weighted by Gasteiger charge is -2.11. The highest BCUT2D eigenvalue weighted by Crippen LogP contribution is 2.23. The molecule has 1 aliphatic carbocycles. The van der Waals surface area contributed by atoms with Crippen LogP contribution >= 0.6 is 0 Å². The van der Waals surface area contributed by atoms with Gasteiger partial charge in [-0.1, -0.05) is 5.16 Å². The Morgan fingerprint density at radius 2 is 2.00 bits per heavy atom. The van der Waals surface area contributed by atoms with Crippen molar-refractivity contribution in [3.05, 3.63) is 63.6 Å². The molecule has 3 rings (SSSR count). The van der Waals surface area contributed by atoms with Crippen molar-refractivity contribution in [1.29, 1.82) is 0 Å². The monoisotopic (exact) mass is 300 g/mol. The van der Waals surface area contributed by atoms with Crippen molar-refractivity contribution < 1.29 is 19.0 Å². The summed E-state index contributed by atoms with van der Waals surface area (Å²) in [6.45, 7) is 0. The first-order valence-corrected chi connectivity index (χ1v) is 6.74. The standard InChI is InChI=1S/C15H12N2O5/c18-15(10-4-6-11(7-5-10)17(19)20)22-16-13-2-1-3-14-12(13)8-9-21-14/h4-9H,1-3H2/b16-13+. The molecule has 112 valence electrons. The van der Waals surface area contributed by atoms with Gasteiger partial charge in [-0.3, -0.25) is 10.1 Å². The number of carbonyl (C=O) groups is 1. The Kier molecular flexibility index (Phi) is 3.69. The van der Waals surface area contributed by atoms with E-state index in [1.807, 2.05) is 0 Å². The van der Waals surface area contributed by atoms with Crippen molar-refractivity contribution in [3.8, 4) is 0 Å². The van der Waals surface area contributed by atoms with Crippen molar-refractivity contribution >= 4 is 17.4 Å². The molecule has 0 fully saturated rings. The Bertz CT molecular complexity index is 746. The number of non-ortho nitro benzene ring substituents is 1. The van der Waals surface area contributed by atoms with E-state index in [9.17, 15) is 14.9 Å². The van der Waals surface area contributed by atoms with E-state index >= 15 is 0 Å². The molecule has 1 aliphatic rings. The maximum absolute atomic E-state index is 11.9. The maximum Gasteiger partial charge on any atom is 0.365 e. The van der Waals surface area contributed by atoms with E-state index in [0.717, 1.165) is 24.2 Å². The zero-order valence-electron chi connectivity index (χ0n) is 11.5. The van der Waals surface area contributed by atoms with Gasteiger partial charge in [0, 0.05) is 24.1 Å². The molecule has 0 saturated carbocycles. The molecule has 22 heavy (non-hydrogen) atoms. The zero-order chi connectivity index (χ0) is 15.5. The van der Waals surface area contributed by atoms with Crippen LogP contribution in [-0.2, 0) is 11.3 Å². The van der Waals surface area contributed by atoms with E-state index < -0.39 is 10.9 Å². The third-order valence-corrected chi connectivity index (χ3v) is 3.43. The topological polar surface area (TPSA) is 94.9 Å². The molecular formula is C15H12N2O5. The van der Waals surface area contributed by atoms with Gasteiger partial charge in [-0.2, -0.15) is 0 Å². The van der Waals surface area contributed by atoms with Crippen LogP contribution in [0.1, 0.15) is 34.5 Å². The highest BCUT2D eigenvalue weighted by Gasteiger charge is 2.19. The SMILES string of the molecule is O=C(O/N=C1\CCCc2occc21)c1ccc([N+](=O)[O-])cc1. The number of nitro groups is 1. The third kappa shape index (κ3) is 2.73. The quantitative estimate of drug-likeness (QED) is 0.493. The smallest absolute Gasteiger partial charge is 0.365 e. The second-order valence-electron chi connectivity index (χ2n) is 4.83. The van der Waals surface area contributed by atoms with Gasteiger partial charge in [0.1, 0.15) is 5.76 Å². The van der Waals surface area contributed by atoms with Crippen molar-refractivity contribution in [3.63, 3.8) is 0 Å². The maximum atomic E-state index is 11.9. The van der Waals surface area contributed by atoms with Crippen LogP contribution in [0.2, 0.25) is 0 Å². The molecule has 1 aromatic carbocycles. The molecule has 0 radical (unpaired) electrons. The second-order valence-corrected chi connectivity index (χ2v) is 4.83. The first-order chi connectivity index (χ1) is 10.6. The highest BCUT2D eigenvalue weighted by molar-refractivity contribution is 6.02. The minimum Gasteiger partial charge on any atom is -0.469 e. The van der Waals surface area contributed by atoms with E-state index in [-0.39, 0.29) is 11.3 Å². The Hall–Kier alpha value is -2.96. The number of nitro benzene ring substituents is 1. The van der Waals surface area contributed by atoms with Crippen molar-refractivity contribution in [1.82, 2.24) is 0 Å². The van der Waals surface area contributed by atoms with Gasteiger partial charge >= 0.3 is 5.97 Å². The summed E-state index contributed by atoms with van der Waals surface area (Å²) in [6, 6.07) is 6.97. The van der Waals surface area contributed by atoms with E-state index in [1.54, 1.807) is 12.3 Å². The van der Waals surface area contributed by atoms with E-state index in [1.165, 1.54) is 24.3 Å². The zero-order valence-corrected chi connectivity index (χ0v) is 11.5. The van der Waals surface area contributed by atoms with Crippen LogP contribution < -0.4 is 0 Å². The molecular weight excluding hydrogens is 288 g/mol. The molecule has 0 amide bonds. The van der Waals surface area contributed by atoms with Gasteiger partial charge in [-0.05, 0) is 31.0 Å². The van der Waals surface area contributed by atoms with Crippen LogP contribution in [0.25, 0.3) is 0 Å². The lowest BCUT2D eigenvalue weighted by Crippen LogP contribution is -2.11. The number of furan rings is 1. The summed E-state index contributed by atoms with van der Waals surface area (Å²) in [7, 11) is 0. The molecule has 0 spiro atoms. The molecule has 1 aromatic heterocycles. The number of benzene rings is 1. The van der Waals surface area contributed by atoms with Crippen LogP contribution in [-0.4, -0.2) is 16.6 Å². The average Bonchev–Trinajstić information content (AvgIpc) is 3.01. The minimum absolute atomic E-state index is 0.0850. The van der Waals surface area contributed by atoms with Gasteiger partial charge in [0.2, 0.25) is 0 Å². The van der Waals surface area contributed by atoms with Crippen molar-refractivity contribution in [2.75, 3.05) is 0 Å². The fraction of sp³-hybridized carbons (Fsp3) is 0.200. The lowest BCUT2D eigenvalue weighted by atomic mass is 9.97. The number of hydrogen-bond donors (Lipinski definition) is 0. The van der Waals surface area contributed by atoms with Crippen LogP contribution in [0.15, 0.2) is 46.2 Å². The molecule has 0 atom stereocenters. The summed E-state index contributed by atoms with van der Waals surface area (Å²) in [5.41, 5.74) is 1.66. The van der Waals surface area contributed by atoms with Gasteiger partial charge in [0.25, 0.3) is 5.69 Å².